The number of benzene rings is 1. The van der Waals surface area contributed by atoms with Crippen LogP contribution in [0.15, 0.2) is 54.0 Å². The lowest BCUT2D eigenvalue weighted by atomic mass is 10.0. The number of esters is 1. The number of hydrogen-bond acceptors (Lipinski definition) is 5. The standard InChI is InChI=1S/C18H23NO5S/c1-4-15(20)12-14-6-5-7-17(18(21)24-3)19(14)25(22,23)16-10-8-13(2)9-11-16/h4-6,8-11,14-15,17,20H,1,7,12H2,2-3H3/t14-,15-,17+/m0/s1. The van der Waals surface area contributed by atoms with Gasteiger partial charge in [-0.05, 0) is 31.9 Å². The molecule has 0 aromatic heterocycles. The van der Waals surface area contributed by atoms with Gasteiger partial charge in [-0.2, -0.15) is 4.31 Å². The molecule has 0 amide bonds. The van der Waals surface area contributed by atoms with Crippen molar-refractivity contribution in [3.63, 3.8) is 0 Å². The smallest absolute Gasteiger partial charge is 0.324 e. The van der Waals surface area contributed by atoms with E-state index in [2.05, 4.69) is 6.58 Å². The second kappa shape index (κ2) is 7.95. The van der Waals surface area contributed by atoms with Gasteiger partial charge in [0.1, 0.15) is 6.04 Å². The van der Waals surface area contributed by atoms with E-state index in [0.29, 0.717) is 0 Å². The minimum Gasteiger partial charge on any atom is -0.468 e. The van der Waals surface area contributed by atoms with Crippen LogP contribution in [0.3, 0.4) is 0 Å². The van der Waals surface area contributed by atoms with Crippen molar-refractivity contribution in [3.05, 3.63) is 54.6 Å². The number of carbonyl (C=O) groups is 1. The number of nitrogens with zero attached hydrogens (tertiary/aromatic N) is 1. The van der Waals surface area contributed by atoms with Gasteiger partial charge in [0.25, 0.3) is 0 Å². The second-order valence-electron chi connectivity index (χ2n) is 5.96. The number of sulfonamides is 1. The third kappa shape index (κ3) is 4.18. The summed E-state index contributed by atoms with van der Waals surface area (Å²) in [5.41, 5.74) is 0.931. The second-order valence-corrected chi connectivity index (χ2v) is 7.80. The van der Waals surface area contributed by atoms with Gasteiger partial charge in [-0.15, -0.1) is 6.58 Å². The molecule has 0 spiro atoms. The molecule has 25 heavy (non-hydrogen) atoms. The van der Waals surface area contributed by atoms with Gasteiger partial charge in [0.15, 0.2) is 0 Å². The van der Waals surface area contributed by atoms with Crippen LogP contribution in [0.5, 0.6) is 0 Å². The van der Waals surface area contributed by atoms with Crippen LogP contribution < -0.4 is 0 Å². The molecule has 7 heteroatoms. The average Bonchev–Trinajstić information content (AvgIpc) is 2.60. The van der Waals surface area contributed by atoms with Crippen LogP contribution in [-0.2, 0) is 19.6 Å². The van der Waals surface area contributed by atoms with Gasteiger partial charge >= 0.3 is 5.97 Å². The Morgan fingerprint density at radius 1 is 1.44 bits per heavy atom. The maximum Gasteiger partial charge on any atom is 0.324 e. The van der Waals surface area contributed by atoms with Crippen molar-refractivity contribution in [2.45, 2.75) is 42.8 Å². The van der Waals surface area contributed by atoms with Gasteiger partial charge in [0.2, 0.25) is 10.0 Å². The third-order valence-corrected chi connectivity index (χ3v) is 6.12. The Labute approximate surface area is 148 Å². The number of carbonyl (C=O) groups excluding carboxylic acids is 1. The van der Waals surface area contributed by atoms with E-state index < -0.39 is 34.2 Å². The number of ether oxygens (including phenoxy) is 1. The van der Waals surface area contributed by atoms with Gasteiger partial charge in [-0.25, -0.2) is 8.42 Å². The van der Waals surface area contributed by atoms with Gasteiger partial charge in [0.05, 0.1) is 18.1 Å². The number of rotatable bonds is 6. The highest BCUT2D eigenvalue weighted by molar-refractivity contribution is 7.89. The Hall–Kier alpha value is -1.96. The lowest BCUT2D eigenvalue weighted by molar-refractivity contribution is -0.145. The monoisotopic (exact) mass is 365 g/mol. The summed E-state index contributed by atoms with van der Waals surface area (Å²) in [5, 5.41) is 9.89. The van der Waals surface area contributed by atoms with Crippen molar-refractivity contribution >= 4 is 16.0 Å². The summed E-state index contributed by atoms with van der Waals surface area (Å²) < 4.78 is 32.3. The van der Waals surface area contributed by atoms with E-state index in [0.717, 1.165) is 9.87 Å². The van der Waals surface area contributed by atoms with Crippen LogP contribution in [0.4, 0.5) is 0 Å². The van der Waals surface area contributed by atoms with E-state index in [1.165, 1.54) is 25.3 Å². The summed E-state index contributed by atoms with van der Waals surface area (Å²) >= 11 is 0. The molecule has 0 fully saturated rings. The van der Waals surface area contributed by atoms with E-state index in [9.17, 15) is 18.3 Å². The zero-order valence-electron chi connectivity index (χ0n) is 14.3. The topological polar surface area (TPSA) is 83.9 Å². The van der Waals surface area contributed by atoms with E-state index in [-0.39, 0.29) is 17.7 Å². The Bertz CT molecular complexity index is 754. The van der Waals surface area contributed by atoms with Crippen LogP contribution in [0.1, 0.15) is 18.4 Å². The molecular formula is C18H23NO5S. The molecule has 1 aliphatic rings. The molecule has 1 aromatic carbocycles. The molecule has 1 N–H and O–H groups in total. The average molecular weight is 365 g/mol. The quantitative estimate of drug-likeness (QED) is 0.614. The van der Waals surface area contributed by atoms with Crippen LogP contribution >= 0.6 is 0 Å². The molecule has 0 aliphatic carbocycles. The van der Waals surface area contributed by atoms with Gasteiger partial charge in [-0.1, -0.05) is 35.9 Å². The summed E-state index contributed by atoms with van der Waals surface area (Å²) in [4.78, 5) is 12.3. The first-order valence-electron chi connectivity index (χ1n) is 7.96. The highest BCUT2D eigenvalue weighted by Gasteiger charge is 2.42. The molecule has 0 saturated carbocycles. The third-order valence-electron chi connectivity index (χ3n) is 4.18. The minimum atomic E-state index is -3.95. The molecule has 6 nitrogen and oxygen atoms in total. The van der Waals surface area contributed by atoms with Crippen molar-refractivity contribution in [3.8, 4) is 0 Å². The molecule has 136 valence electrons. The van der Waals surface area contributed by atoms with Crippen molar-refractivity contribution in [2.24, 2.45) is 0 Å². The maximum absolute atomic E-state index is 13.2. The molecule has 0 bridgehead atoms. The lowest BCUT2D eigenvalue weighted by Crippen LogP contribution is -2.52. The Balaban J connectivity index is 2.49. The minimum absolute atomic E-state index is 0.0976. The molecule has 0 saturated heterocycles. The summed E-state index contributed by atoms with van der Waals surface area (Å²) in [7, 11) is -2.72. The Morgan fingerprint density at radius 3 is 2.64 bits per heavy atom. The van der Waals surface area contributed by atoms with Gasteiger partial charge in [-0.3, -0.25) is 4.79 Å². The molecule has 2 rings (SSSR count). The highest BCUT2D eigenvalue weighted by Crippen LogP contribution is 2.29. The molecule has 3 atom stereocenters. The Kier molecular flexibility index (Phi) is 6.16. The summed E-state index contributed by atoms with van der Waals surface area (Å²) in [6, 6.07) is 4.79. The zero-order valence-corrected chi connectivity index (χ0v) is 15.1. The Morgan fingerprint density at radius 2 is 2.08 bits per heavy atom. The first-order valence-corrected chi connectivity index (χ1v) is 9.40. The predicted molar refractivity (Wildman–Crippen MR) is 94.4 cm³/mol. The van der Waals surface area contributed by atoms with Gasteiger partial charge in [0, 0.05) is 6.04 Å². The molecule has 0 unspecified atom stereocenters. The lowest BCUT2D eigenvalue weighted by Gasteiger charge is -2.37. The van der Waals surface area contributed by atoms with Crippen LogP contribution in [0.2, 0.25) is 0 Å². The normalized spacial score (nSPS) is 22.4. The molecule has 0 radical (unpaired) electrons. The molecule has 1 aromatic rings. The first kappa shape index (κ1) is 19.4. The number of aliphatic hydroxyl groups is 1. The number of hydrogen-bond donors (Lipinski definition) is 1. The predicted octanol–water partition coefficient (Wildman–Crippen LogP) is 1.79. The summed E-state index contributed by atoms with van der Waals surface area (Å²) in [6.45, 7) is 5.38. The summed E-state index contributed by atoms with van der Waals surface area (Å²) in [5.74, 6) is -0.627. The zero-order chi connectivity index (χ0) is 18.6. The molecule has 1 heterocycles. The van der Waals surface area contributed by atoms with Crippen LogP contribution in [0, 0.1) is 6.92 Å². The van der Waals surface area contributed by atoms with E-state index >= 15 is 0 Å². The molecule has 1 aliphatic heterocycles. The first-order chi connectivity index (χ1) is 11.8. The molecular weight excluding hydrogens is 342 g/mol. The SMILES string of the molecule is C=C[C@H](O)C[C@@H]1C=CC[C@H](C(=O)OC)N1S(=O)(=O)c1ccc(C)cc1. The number of methoxy groups -OCH3 is 1. The number of aryl methyl sites for hydroxylation is 1. The van der Waals surface area contributed by atoms with Crippen molar-refractivity contribution in [2.75, 3.05) is 7.11 Å². The largest absolute Gasteiger partial charge is 0.468 e. The fourth-order valence-corrected chi connectivity index (χ4v) is 4.57. The van der Waals surface area contributed by atoms with E-state index in [1.54, 1.807) is 24.3 Å². The van der Waals surface area contributed by atoms with Gasteiger partial charge < -0.3 is 9.84 Å². The van der Waals surface area contributed by atoms with Crippen LogP contribution in [0.25, 0.3) is 0 Å². The van der Waals surface area contributed by atoms with Crippen LogP contribution in [-0.4, -0.2) is 49.1 Å². The fraction of sp³-hybridized carbons (Fsp3) is 0.389. The maximum atomic E-state index is 13.2. The highest BCUT2D eigenvalue weighted by atomic mass is 32.2. The number of aliphatic hydroxyl groups excluding tert-OH is 1. The van der Waals surface area contributed by atoms with Crippen molar-refractivity contribution < 1.29 is 23.1 Å². The fourth-order valence-electron chi connectivity index (χ4n) is 2.82. The summed E-state index contributed by atoms with van der Waals surface area (Å²) in [6.07, 6.45) is 4.21. The van der Waals surface area contributed by atoms with Crippen molar-refractivity contribution in [1.82, 2.24) is 4.31 Å². The van der Waals surface area contributed by atoms with E-state index in [1.807, 2.05) is 6.92 Å². The van der Waals surface area contributed by atoms with E-state index in [4.69, 9.17) is 4.74 Å². The van der Waals surface area contributed by atoms with Crippen molar-refractivity contribution in [1.29, 1.82) is 0 Å².